The van der Waals surface area contributed by atoms with Gasteiger partial charge in [-0.25, -0.2) is 9.67 Å². The number of thiazole rings is 1. The van der Waals surface area contributed by atoms with E-state index < -0.39 is 0 Å². The van der Waals surface area contributed by atoms with Crippen LogP contribution in [0.4, 0.5) is 5.69 Å². The largest absolute Gasteiger partial charge is 0.383 e. The number of aromatic nitrogens is 3. The van der Waals surface area contributed by atoms with Crippen LogP contribution in [-0.2, 0) is 6.54 Å². The van der Waals surface area contributed by atoms with Gasteiger partial charge in [-0.05, 0) is 32.6 Å². The second-order valence-electron chi connectivity index (χ2n) is 5.31. The van der Waals surface area contributed by atoms with Crippen LogP contribution in [0.1, 0.15) is 28.4 Å². The van der Waals surface area contributed by atoms with Crippen molar-refractivity contribution in [2.75, 3.05) is 11.9 Å². The van der Waals surface area contributed by atoms with Gasteiger partial charge in [0.2, 0.25) is 0 Å². The minimum atomic E-state index is -0.0868. The molecule has 5 nitrogen and oxygen atoms in total. The lowest BCUT2D eigenvalue weighted by molar-refractivity contribution is 0.636. The van der Waals surface area contributed by atoms with Crippen LogP contribution in [0, 0.1) is 19.8 Å². The summed E-state index contributed by atoms with van der Waals surface area (Å²) in [5.74, 6) is 0.777. The van der Waals surface area contributed by atoms with E-state index in [1.165, 1.54) is 22.4 Å². The second-order valence-corrected chi connectivity index (χ2v) is 6.60. The van der Waals surface area contributed by atoms with Gasteiger partial charge in [0.1, 0.15) is 5.01 Å². The summed E-state index contributed by atoms with van der Waals surface area (Å²) in [5.41, 5.74) is 1.75. The van der Waals surface area contributed by atoms with Crippen molar-refractivity contribution >= 4 is 17.0 Å². The van der Waals surface area contributed by atoms with Crippen LogP contribution < -0.4 is 10.9 Å². The van der Waals surface area contributed by atoms with E-state index in [2.05, 4.69) is 15.4 Å². The molecule has 2 heterocycles. The average Bonchev–Trinajstić information content (AvgIpc) is 3.18. The molecule has 0 aliphatic heterocycles. The topological polar surface area (TPSA) is 59.8 Å². The van der Waals surface area contributed by atoms with Gasteiger partial charge in [0.05, 0.1) is 24.1 Å². The zero-order valence-corrected chi connectivity index (χ0v) is 12.5. The van der Waals surface area contributed by atoms with Crippen molar-refractivity contribution in [1.82, 2.24) is 14.8 Å². The van der Waals surface area contributed by atoms with Crippen molar-refractivity contribution in [2.24, 2.45) is 5.92 Å². The molecule has 0 saturated heterocycles. The van der Waals surface area contributed by atoms with E-state index >= 15 is 0 Å². The molecular weight excluding hydrogens is 272 g/mol. The monoisotopic (exact) mass is 290 g/mol. The number of rotatable bonds is 5. The molecule has 106 valence electrons. The van der Waals surface area contributed by atoms with E-state index in [4.69, 9.17) is 0 Å². The third-order valence-electron chi connectivity index (χ3n) is 3.52. The molecule has 20 heavy (non-hydrogen) atoms. The fourth-order valence-electron chi connectivity index (χ4n) is 1.97. The molecule has 0 radical (unpaired) electrons. The minimum Gasteiger partial charge on any atom is -0.383 e. The first-order chi connectivity index (χ1) is 9.61. The maximum absolute atomic E-state index is 12.0. The molecule has 0 unspecified atom stereocenters. The summed E-state index contributed by atoms with van der Waals surface area (Å²) in [6.45, 7) is 5.41. The van der Waals surface area contributed by atoms with Gasteiger partial charge >= 0.3 is 0 Å². The SMILES string of the molecule is Cc1nc(Cn2ncc(NCC3CC3)cc2=O)sc1C. The highest BCUT2D eigenvalue weighted by atomic mass is 32.1. The Bertz CT molecular complexity index is 653. The highest BCUT2D eigenvalue weighted by Crippen LogP contribution is 2.28. The first kappa shape index (κ1) is 13.3. The van der Waals surface area contributed by atoms with E-state index in [0.29, 0.717) is 6.54 Å². The first-order valence-corrected chi connectivity index (χ1v) is 7.67. The van der Waals surface area contributed by atoms with Gasteiger partial charge in [-0.2, -0.15) is 5.10 Å². The standard InChI is InChI=1S/C14H18N4OS/c1-9-10(2)20-13(17-9)8-18-14(19)5-12(7-16-18)15-6-11-3-4-11/h5,7,11,15H,3-4,6,8H2,1-2H3. The van der Waals surface area contributed by atoms with E-state index in [-0.39, 0.29) is 5.56 Å². The maximum Gasteiger partial charge on any atom is 0.269 e. The predicted octanol–water partition coefficient (Wildman–Crippen LogP) is 2.19. The summed E-state index contributed by atoms with van der Waals surface area (Å²) in [6, 6.07) is 1.61. The van der Waals surface area contributed by atoms with Crippen LogP contribution in [0.3, 0.4) is 0 Å². The van der Waals surface area contributed by atoms with Crippen LogP contribution in [0.5, 0.6) is 0 Å². The molecule has 0 spiro atoms. The van der Waals surface area contributed by atoms with Gasteiger partial charge in [0.25, 0.3) is 5.56 Å². The number of aryl methyl sites for hydroxylation is 2. The number of hydrogen-bond acceptors (Lipinski definition) is 5. The number of nitrogens with zero attached hydrogens (tertiary/aromatic N) is 3. The van der Waals surface area contributed by atoms with E-state index in [0.717, 1.165) is 28.9 Å². The quantitative estimate of drug-likeness (QED) is 0.917. The Hall–Kier alpha value is -1.69. The molecule has 0 bridgehead atoms. The molecule has 3 rings (SSSR count). The van der Waals surface area contributed by atoms with Gasteiger partial charge in [-0.1, -0.05) is 0 Å². The smallest absolute Gasteiger partial charge is 0.269 e. The summed E-state index contributed by atoms with van der Waals surface area (Å²) in [6.07, 6.45) is 4.30. The Morgan fingerprint density at radius 1 is 1.45 bits per heavy atom. The summed E-state index contributed by atoms with van der Waals surface area (Å²) >= 11 is 1.62. The van der Waals surface area contributed by atoms with Crippen molar-refractivity contribution in [1.29, 1.82) is 0 Å². The molecule has 2 aromatic heterocycles. The third kappa shape index (κ3) is 3.07. The predicted molar refractivity (Wildman–Crippen MR) is 80.4 cm³/mol. The molecule has 1 fully saturated rings. The number of hydrogen-bond donors (Lipinski definition) is 1. The summed E-state index contributed by atoms with van der Waals surface area (Å²) in [7, 11) is 0. The fourth-order valence-corrected chi connectivity index (χ4v) is 2.88. The lowest BCUT2D eigenvalue weighted by Crippen LogP contribution is -2.23. The van der Waals surface area contributed by atoms with E-state index in [1.807, 2.05) is 13.8 Å². The molecular formula is C14H18N4OS. The normalized spacial score (nSPS) is 14.5. The zero-order valence-electron chi connectivity index (χ0n) is 11.7. The highest BCUT2D eigenvalue weighted by Gasteiger charge is 2.20. The lowest BCUT2D eigenvalue weighted by Gasteiger charge is -2.06. The van der Waals surface area contributed by atoms with Gasteiger partial charge in [0, 0.05) is 17.5 Å². The highest BCUT2D eigenvalue weighted by molar-refractivity contribution is 7.11. The fraction of sp³-hybridized carbons (Fsp3) is 0.500. The van der Waals surface area contributed by atoms with Crippen molar-refractivity contribution in [2.45, 2.75) is 33.2 Å². The van der Waals surface area contributed by atoms with Gasteiger partial charge in [0.15, 0.2) is 0 Å². The molecule has 0 aromatic carbocycles. The van der Waals surface area contributed by atoms with Crippen LogP contribution in [0.2, 0.25) is 0 Å². The lowest BCUT2D eigenvalue weighted by atomic mass is 10.4. The second kappa shape index (κ2) is 5.36. The molecule has 1 aliphatic rings. The van der Waals surface area contributed by atoms with Crippen LogP contribution in [0.25, 0.3) is 0 Å². The Morgan fingerprint density at radius 3 is 2.85 bits per heavy atom. The van der Waals surface area contributed by atoms with Gasteiger partial charge in [-0.15, -0.1) is 11.3 Å². The first-order valence-electron chi connectivity index (χ1n) is 6.86. The van der Waals surface area contributed by atoms with Crippen LogP contribution in [0.15, 0.2) is 17.1 Å². The number of nitrogens with one attached hydrogen (secondary N) is 1. The van der Waals surface area contributed by atoms with E-state index in [1.54, 1.807) is 23.6 Å². The maximum atomic E-state index is 12.0. The van der Waals surface area contributed by atoms with Crippen molar-refractivity contribution in [3.8, 4) is 0 Å². The summed E-state index contributed by atoms with van der Waals surface area (Å²) < 4.78 is 1.46. The van der Waals surface area contributed by atoms with Crippen molar-refractivity contribution in [3.63, 3.8) is 0 Å². The van der Waals surface area contributed by atoms with Crippen molar-refractivity contribution in [3.05, 3.63) is 38.2 Å². The number of anilines is 1. The minimum absolute atomic E-state index is 0.0868. The third-order valence-corrected chi connectivity index (χ3v) is 4.58. The van der Waals surface area contributed by atoms with Gasteiger partial charge in [-0.3, -0.25) is 4.79 Å². The Kier molecular flexibility index (Phi) is 3.56. The molecule has 6 heteroatoms. The Balaban J connectivity index is 1.71. The Morgan fingerprint density at radius 2 is 2.25 bits per heavy atom. The molecule has 2 aromatic rings. The van der Waals surface area contributed by atoms with Gasteiger partial charge < -0.3 is 5.32 Å². The van der Waals surface area contributed by atoms with E-state index in [9.17, 15) is 4.79 Å². The van der Waals surface area contributed by atoms with Crippen molar-refractivity contribution < 1.29 is 0 Å². The molecule has 0 atom stereocenters. The average molecular weight is 290 g/mol. The van der Waals surface area contributed by atoms with Crippen LogP contribution in [-0.4, -0.2) is 21.3 Å². The molecule has 0 amide bonds. The molecule has 1 N–H and O–H groups in total. The zero-order chi connectivity index (χ0) is 14.1. The molecule has 1 aliphatic carbocycles. The summed E-state index contributed by atoms with van der Waals surface area (Å²) in [4.78, 5) is 17.7. The van der Waals surface area contributed by atoms with Crippen LogP contribution >= 0.6 is 11.3 Å². The molecule has 1 saturated carbocycles. The summed E-state index contributed by atoms with van der Waals surface area (Å²) in [5, 5.41) is 8.41. The Labute approximate surface area is 121 Å².